The summed E-state index contributed by atoms with van der Waals surface area (Å²) in [5.74, 6) is 0.221. The maximum absolute atomic E-state index is 11.8. The summed E-state index contributed by atoms with van der Waals surface area (Å²) in [5.41, 5.74) is 5.54. The summed E-state index contributed by atoms with van der Waals surface area (Å²) < 4.78 is 44.4. The molecule has 1 aromatic heterocycles. The number of hydrogen-bond acceptors (Lipinski definition) is 6. The number of aliphatic hydroxyl groups is 1. The molecule has 1 aromatic rings. The Morgan fingerprint density at radius 1 is 1.50 bits per heavy atom. The molecule has 1 heterocycles. The molecule has 6 nitrogen and oxygen atoms in total. The van der Waals surface area contributed by atoms with Crippen molar-refractivity contribution in [1.82, 2.24) is 10.1 Å². The van der Waals surface area contributed by atoms with Gasteiger partial charge in [0.25, 0.3) is 0 Å². The summed E-state index contributed by atoms with van der Waals surface area (Å²) >= 11 is 0. The van der Waals surface area contributed by atoms with Gasteiger partial charge in [-0.25, -0.2) is 0 Å². The molecule has 0 aliphatic carbocycles. The second-order valence-electron chi connectivity index (χ2n) is 3.73. The Morgan fingerprint density at radius 2 is 2.17 bits per heavy atom. The van der Waals surface area contributed by atoms with Crippen LogP contribution < -0.4 is 5.73 Å². The second kappa shape index (κ2) is 6.12. The van der Waals surface area contributed by atoms with Gasteiger partial charge in [-0.2, -0.15) is 18.2 Å². The summed E-state index contributed by atoms with van der Waals surface area (Å²) in [6.45, 7) is -0.0335. The van der Waals surface area contributed by atoms with Crippen LogP contribution in [0.1, 0.15) is 24.7 Å². The first-order chi connectivity index (χ1) is 8.29. The highest BCUT2D eigenvalue weighted by atomic mass is 19.4. The van der Waals surface area contributed by atoms with Crippen LogP contribution in [0.5, 0.6) is 0 Å². The van der Waals surface area contributed by atoms with Crippen LogP contribution in [0.3, 0.4) is 0 Å². The van der Waals surface area contributed by atoms with Gasteiger partial charge < -0.3 is 20.1 Å². The Balaban J connectivity index is 2.36. The zero-order valence-corrected chi connectivity index (χ0v) is 9.65. The summed E-state index contributed by atoms with van der Waals surface area (Å²) in [6, 6.07) is -0.817. The topological polar surface area (TPSA) is 94.4 Å². The van der Waals surface area contributed by atoms with Gasteiger partial charge in [0.1, 0.15) is 12.6 Å². The molecule has 0 saturated carbocycles. The summed E-state index contributed by atoms with van der Waals surface area (Å²) in [7, 11) is 0. The van der Waals surface area contributed by atoms with Gasteiger partial charge in [-0.1, -0.05) is 5.16 Å². The first-order valence-corrected chi connectivity index (χ1v) is 5.20. The Kier molecular flexibility index (Phi) is 5.05. The van der Waals surface area contributed by atoms with Crippen LogP contribution in [0.4, 0.5) is 13.2 Å². The van der Waals surface area contributed by atoms with E-state index < -0.39 is 24.9 Å². The average molecular weight is 269 g/mol. The molecule has 0 aliphatic rings. The van der Waals surface area contributed by atoms with E-state index in [0.717, 1.165) is 0 Å². The quantitative estimate of drug-likeness (QED) is 0.733. The normalized spacial score (nSPS) is 15.7. The molecule has 3 N–H and O–H groups in total. The van der Waals surface area contributed by atoms with E-state index >= 15 is 0 Å². The standard InChI is InChI=1S/C9H14F3N3O3/c1-5(16)7(13)8-14-6(15-18-8)2-3-17-4-9(10,11)12/h5,7,16H,2-4,13H2,1H3/t5-,7+/m1/s1. The number of aromatic nitrogens is 2. The smallest absolute Gasteiger partial charge is 0.391 e. The molecule has 0 amide bonds. The van der Waals surface area contributed by atoms with E-state index in [0.29, 0.717) is 0 Å². The van der Waals surface area contributed by atoms with Crippen molar-refractivity contribution in [2.24, 2.45) is 5.73 Å². The average Bonchev–Trinajstić information content (AvgIpc) is 2.70. The Morgan fingerprint density at radius 3 is 2.72 bits per heavy atom. The number of alkyl halides is 3. The summed E-state index contributed by atoms with van der Waals surface area (Å²) in [5, 5.41) is 12.7. The minimum atomic E-state index is -4.35. The number of rotatable bonds is 6. The van der Waals surface area contributed by atoms with Crippen LogP contribution in [0.2, 0.25) is 0 Å². The molecule has 0 unspecified atom stereocenters. The number of ether oxygens (including phenoxy) is 1. The van der Waals surface area contributed by atoms with E-state index in [1.54, 1.807) is 0 Å². The van der Waals surface area contributed by atoms with E-state index in [-0.39, 0.29) is 24.7 Å². The van der Waals surface area contributed by atoms with Crippen LogP contribution in [-0.2, 0) is 11.2 Å². The van der Waals surface area contributed by atoms with E-state index in [2.05, 4.69) is 14.9 Å². The minimum absolute atomic E-state index is 0.0378. The lowest BCUT2D eigenvalue weighted by Crippen LogP contribution is -2.23. The van der Waals surface area contributed by atoms with Gasteiger partial charge in [-0.05, 0) is 6.92 Å². The van der Waals surface area contributed by atoms with Crippen molar-refractivity contribution >= 4 is 0 Å². The van der Waals surface area contributed by atoms with Crippen molar-refractivity contribution in [3.63, 3.8) is 0 Å². The molecule has 104 valence electrons. The monoisotopic (exact) mass is 269 g/mol. The van der Waals surface area contributed by atoms with Crippen molar-refractivity contribution in [3.8, 4) is 0 Å². The molecule has 0 aliphatic heterocycles. The third-order valence-corrected chi connectivity index (χ3v) is 2.02. The van der Waals surface area contributed by atoms with Crippen LogP contribution >= 0.6 is 0 Å². The van der Waals surface area contributed by atoms with Gasteiger partial charge in [-0.15, -0.1) is 0 Å². The fourth-order valence-electron chi connectivity index (χ4n) is 1.06. The molecule has 0 bridgehead atoms. The van der Waals surface area contributed by atoms with E-state index in [1.165, 1.54) is 6.92 Å². The number of halogens is 3. The minimum Gasteiger partial charge on any atom is -0.391 e. The van der Waals surface area contributed by atoms with Crippen molar-refractivity contribution in [2.45, 2.75) is 31.7 Å². The molecule has 1 rings (SSSR count). The highest BCUT2D eigenvalue weighted by molar-refractivity contribution is 4.93. The maximum Gasteiger partial charge on any atom is 0.411 e. The lowest BCUT2D eigenvalue weighted by Gasteiger charge is -2.08. The van der Waals surface area contributed by atoms with Gasteiger partial charge in [-0.3, -0.25) is 0 Å². The highest BCUT2D eigenvalue weighted by Gasteiger charge is 2.27. The third-order valence-electron chi connectivity index (χ3n) is 2.02. The molecule has 9 heteroatoms. The molecule has 0 fully saturated rings. The van der Waals surface area contributed by atoms with Gasteiger partial charge >= 0.3 is 6.18 Å². The maximum atomic E-state index is 11.8. The van der Waals surface area contributed by atoms with Crippen molar-refractivity contribution < 1.29 is 27.5 Å². The van der Waals surface area contributed by atoms with Crippen LogP contribution in [0.15, 0.2) is 4.52 Å². The molecule has 0 aromatic carbocycles. The molecule has 0 radical (unpaired) electrons. The van der Waals surface area contributed by atoms with Gasteiger partial charge in [0.05, 0.1) is 12.7 Å². The van der Waals surface area contributed by atoms with Crippen molar-refractivity contribution in [1.29, 1.82) is 0 Å². The fourth-order valence-corrected chi connectivity index (χ4v) is 1.06. The third kappa shape index (κ3) is 4.98. The molecule has 18 heavy (non-hydrogen) atoms. The lowest BCUT2D eigenvalue weighted by atomic mass is 10.2. The van der Waals surface area contributed by atoms with E-state index in [1.807, 2.05) is 0 Å². The lowest BCUT2D eigenvalue weighted by molar-refractivity contribution is -0.173. The summed E-state index contributed by atoms with van der Waals surface area (Å²) in [4.78, 5) is 3.84. The fraction of sp³-hybridized carbons (Fsp3) is 0.778. The zero-order valence-electron chi connectivity index (χ0n) is 9.65. The Labute approximate surface area is 101 Å². The van der Waals surface area contributed by atoms with Crippen molar-refractivity contribution in [3.05, 3.63) is 11.7 Å². The van der Waals surface area contributed by atoms with Gasteiger partial charge in [0, 0.05) is 6.42 Å². The molecule has 0 spiro atoms. The molecule has 2 atom stereocenters. The van der Waals surface area contributed by atoms with Crippen LogP contribution in [0.25, 0.3) is 0 Å². The number of hydrogen-bond donors (Lipinski definition) is 2. The second-order valence-corrected chi connectivity index (χ2v) is 3.73. The molecular formula is C9H14F3N3O3. The van der Waals surface area contributed by atoms with Gasteiger partial charge in [0.2, 0.25) is 5.89 Å². The van der Waals surface area contributed by atoms with Crippen molar-refractivity contribution in [2.75, 3.05) is 13.2 Å². The highest BCUT2D eigenvalue weighted by Crippen LogP contribution is 2.15. The zero-order chi connectivity index (χ0) is 13.8. The van der Waals surface area contributed by atoms with Crippen LogP contribution in [-0.4, -0.2) is 40.7 Å². The number of aliphatic hydroxyl groups excluding tert-OH is 1. The first-order valence-electron chi connectivity index (χ1n) is 5.20. The van der Waals surface area contributed by atoms with Crippen LogP contribution in [0, 0.1) is 0 Å². The SMILES string of the molecule is C[C@@H](O)[C@H](N)c1nc(CCOCC(F)(F)F)no1. The predicted octanol–water partition coefficient (Wildman–Crippen LogP) is 0.572. The number of nitrogens with zero attached hydrogens (tertiary/aromatic N) is 2. The predicted molar refractivity (Wildman–Crippen MR) is 53.5 cm³/mol. The van der Waals surface area contributed by atoms with E-state index in [4.69, 9.17) is 10.3 Å². The molecular weight excluding hydrogens is 255 g/mol. The molecule has 0 saturated heterocycles. The Bertz CT molecular complexity index is 367. The largest absolute Gasteiger partial charge is 0.411 e. The number of nitrogens with two attached hydrogens (primary N) is 1. The van der Waals surface area contributed by atoms with E-state index in [9.17, 15) is 18.3 Å². The van der Waals surface area contributed by atoms with Gasteiger partial charge in [0.15, 0.2) is 5.82 Å². The Hall–Kier alpha value is -1.19. The first kappa shape index (κ1) is 14.9. The summed E-state index contributed by atoms with van der Waals surface area (Å²) in [6.07, 6.45) is -5.14.